The zero-order chi connectivity index (χ0) is 29.3. The van der Waals surface area contributed by atoms with Gasteiger partial charge in [0.25, 0.3) is 0 Å². The predicted octanol–water partition coefficient (Wildman–Crippen LogP) is 4.82. The number of anilines is 3. The summed E-state index contributed by atoms with van der Waals surface area (Å²) in [6.07, 6.45) is 1.33. The molecule has 10 nitrogen and oxygen atoms in total. The van der Waals surface area contributed by atoms with Crippen LogP contribution in [-0.2, 0) is 14.8 Å². The van der Waals surface area contributed by atoms with Gasteiger partial charge in [-0.1, -0.05) is 12.1 Å². The molecular weight excluding hydrogens is 542 g/mol. The van der Waals surface area contributed by atoms with Crippen LogP contribution in [0.2, 0.25) is 0 Å². The average Bonchev–Trinajstić information content (AvgIpc) is 2.94. The van der Waals surface area contributed by atoms with Crippen LogP contribution in [0.5, 0.6) is 5.75 Å². The smallest absolute Gasteiger partial charge is 0.232 e. The van der Waals surface area contributed by atoms with Crippen LogP contribution in [0.1, 0.15) is 20.3 Å². The van der Waals surface area contributed by atoms with E-state index in [4.69, 9.17) is 20.9 Å². The van der Waals surface area contributed by atoms with Crippen molar-refractivity contribution >= 4 is 38.2 Å². The van der Waals surface area contributed by atoms with Gasteiger partial charge in [-0.15, -0.1) is 0 Å². The number of rotatable bonds is 10. The van der Waals surface area contributed by atoms with E-state index in [0.29, 0.717) is 39.4 Å². The fourth-order valence-electron chi connectivity index (χ4n) is 3.70. The summed E-state index contributed by atoms with van der Waals surface area (Å²) in [6.45, 7) is 4.88. The van der Waals surface area contributed by atoms with Gasteiger partial charge in [-0.2, -0.15) is 0 Å². The number of nitrogen functional groups attached to an aromatic ring is 2. The van der Waals surface area contributed by atoms with E-state index < -0.39 is 28.3 Å². The number of hydrogen-bond acceptors (Lipinski definition) is 9. The molecule has 0 amide bonds. The van der Waals surface area contributed by atoms with Crippen LogP contribution in [0.15, 0.2) is 48.7 Å². The van der Waals surface area contributed by atoms with Gasteiger partial charge in [0, 0.05) is 35.9 Å². The average molecular weight is 575 g/mol. The molecule has 0 unspecified atom stereocenters. The van der Waals surface area contributed by atoms with Crippen molar-refractivity contribution in [3.05, 3.63) is 54.5 Å². The van der Waals surface area contributed by atoms with Crippen LogP contribution in [0, 0.1) is 5.82 Å². The second-order valence-electron chi connectivity index (χ2n) is 8.39. The first-order valence-electron chi connectivity index (χ1n) is 12.4. The van der Waals surface area contributed by atoms with Gasteiger partial charge in [0.1, 0.15) is 22.9 Å². The lowest BCUT2D eigenvalue weighted by Crippen LogP contribution is -2.18. The van der Waals surface area contributed by atoms with Crippen molar-refractivity contribution in [1.29, 1.82) is 0 Å². The Morgan fingerprint density at radius 2 is 1.77 bits per heavy atom. The van der Waals surface area contributed by atoms with E-state index in [9.17, 15) is 12.8 Å². The summed E-state index contributed by atoms with van der Waals surface area (Å²) < 4.78 is 64.5. The lowest BCUT2D eigenvalue weighted by Gasteiger charge is -2.14. The number of sulfonamides is 1. The number of methoxy groups -OCH3 is 1. The van der Waals surface area contributed by atoms with Crippen molar-refractivity contribution in [3.8, 4) is 28.3 Å². The van der Waals surface area contributed by atoms with Gasteiger partial charge in [-0.25, -0.2) is 27.8 Å². The number of nitrogens with one attached hydrogen (secondary N) is 1. The van der Waals surface area contributed by atoms with Crippen molar-refractivity contribution in [1.82, 2.24) is 15.0 Å². The molecule has 0 radical (unpaired) electrons. The summed E-state index contributed by atoms with van der Waals surface area (Å²) in [5.41, 5.74) is 13.1. The Morgan fingerprint density at radius 3 is 2.38 bits per heavy atom. The molecule has 40 heavy (non-hydrogen) atoms. The van der Waals surface area contributed by atoms with Crippen molar-refractivity contribution in [2.45, 2.75) is 20.3 Å². The number of benzene rings is 2. The van der Waals surface area contributed by atoms with Crippen LogP contribution >= 0.6 is 0 Å². The molecule has 4 rings (SSSR count). The number of nitrogens with zero attached hydrogens (tertiary/aromatic N) is 3. The Labute approximate surface area is 231 Å². The van der Waals surface area contributed by atoms with Gasteiger partial charge < -0.3 is 20.9 Å². The summed E-state index contributed by atoms with van der Waals surface area (Å²) in [5, 5.41) is 0.417. The fourth-order valence-corrected chi connectivity index (χ4v) is 4.79. The third-order valence-electron chi connectivity index (χ3n) is 5.59. The molecule has 0 saturated heterocycles. The molecule has 5 N–H and O–H groups in total. The Bertz CT molecular complexity index is 1550. The zero-order valence-corrected chi connectivity index (χ0v) is 23.3. The molecule has 4 aromatic rings. The van der Waals surface area contributed by atoms with Crippen LogP contribution in [0.4, 0.5) is 26.1 Å². The minimum absolute atomic E-state index is 0.0992. The Hall–Kier alpha value is -4.10. The molecule has 2 aromatic heterocycles. The minimum Gasteiger partial charge on any atom is -0.494 e. The number of fused-ring (bicyclic) bond motifs is 1. The minimum atomic E-state index is -3.91. The molecule has 13 heteroatoms. The van der Waals surface area contributed by atoms with Gasteiger partial charge in [0.05, 0.1) is 25.2 Å². The Balaban J connectivity index is 0.000000810. The standard InChI is InChI=1S/C23H22F2N6O3S.C4H10O/c1-34-18-11-14(15-4-2-5-17(20(15)25)31-35(32,33)9-3-8-24)10-16-21(18)29-23(30-22(16)27)13-6-7-19(26)28-12-13;1-3-5-4-2/h2,4-7,10-12,31H,3,8-9H2,1H3,(H2,26,28)(H2,27,29,30);3-4H2,1-2H3. The quantitative estimate of drug-likeness (QED) is 0.242. The molecule has 0 aliphatic rings. The highest BCUT2D eigenvalue weighted by atomic mass is 32.2. The summed E-state index contributed by atoms with van der Waals surface area (Å²) in [6, 6.07) is 10.8. The molecule has 0 saturated carbocycles. The largest absolute Gasteiger partial charge is 0.494 e. The normalized spacial score (nSPS) is 11.1. The number of hydrogen-bond donors (Lipinski definition) is 3. The maximum atomic E-state index is 15.3. The highest BCUT2D eigenvalue weighted by Gasteiger charge is 2.19. The van der Waals surface area contributed by atoms with Crippen LogP contribution in [0.3, 0.4) is 0 Å². The topological polar surface area (TPSA) is 155 Å². The van der Waals surface area contributed by atoms with Crippen molar-refractivity contribution < 1.29 is 26.7 Å². The molecule has 0 fully saturated rings. The van der Waals surface area contributed by atoms with Crippen molar-refractivity contribution in [3.63, 3.8) is 0 Å². The molecule has 0 spiro atoms. The number of nitrogens with two attached hydrogens (primary N) is 2. The molecule has 0 aliphatic carbocycles. The maximum Gasteiger partial charge on any atom is 0.232 e. The first kappa shape index (κ1) is 30.4. The second-order valence-corrected chi connectivity index (χ2v) is 10.2. The summed E-state index contributed by atoms with van der Waals surface area (Å²) in [7, 11) is -2.48. The highest BCUT2D eigenvalue weighted by Crippen LogP contribution is 2.37. The molecule has 214 valence electrons. The van der Waals surface area contributed by atoms with Gasteiger partial charge in [0.2, 0.25) is 10.0 Å². The molecule has 2 aromatic carbocycles. The molecule has 0 atom stereocenters. The van der Waals surface area contributed by atoms with Gasteiger partial charge >= 0.3 is 0 Å². The Morgan fingerprint density at radius 1 is 1.02 bits per heavy atom. The summed E-state index contributed by atoms with van der Waals surface area (Å²) in [4.78, 5) is 12.9. The van der Waals surface area contributed by atoms with Crippen LogP contribution in [-0.4, -0.2) is 56.1 Å². The maximum absolute atomic E-state index is 15.3. The van der Waals surface area contributed by atoms with Crippen LogP contribution in [0.25, 0.3) is 33.4 Å². The highest BCUT2D eigenvalue weighted by molar-refractivity contribution is 7.92. The zero-order valence-electron chi connectivity index (χ0n) is 22.4. The number of alkyl halides is 1. The lowest BCUT2D eigenvalue weighted by molar-refractivity contribution is 0.162. The van der Waals surface area contributed by atoms with E-state index in [0.717, 1.165) is 13.2 Å². The third kappa shape index (κ3) is 7.51. The first-order valence-corrected chi connectivity index (χ1v) is 14.1. The molecule has 0 aliphatic heterocycles. The number of ether oxygens (including phenoxy) is 2. The predicted molar refractivity (Wildman–Crippen MR) is 154 cm³/mol. The second kappa shape index (κ2) is 13.8. The van der Waals surface area contributed by atoms with E-state index in [1.54, 1.807) is 24.3 Å². The van der Waals surface area contributed by atoms with E-state index in [1.807, 2.05) is 13.8 Å². The third-order valence-corrected chi connectivity index (χ3v) is 6.95. The number of halogens is 2. The van der Waals surface area contributed by atoms with Crippen molar-refractivity contribution in [2.75, 3.05) is 48.9 Å². The van der Waals surface area contributed by atoms with E-state index in [2.05, 4.69) is 19.7 Å². The Kier molecular flexibility index (Phi) is 10.5. The van der Waals surface area contributed by atoms with Crippen molar-refractivity contribution in [2.24, 2.45) is 0 Å². The number of pyridine rings is 1. The number of aromatic nitrogens is 3. The van der Waals surface area contributed by atoms with E-state index >= 15 is 4.39 Å². The SMILES string of the molecule is CCOCC.COc1cc(-c2cccc(NS(=O)(=O)CCCF)c2F)cc2c(N)nc(-c3ccc(N)nc3)nc12. The molecule has 2 heterocycles. The summed E-state index contributed by atoms with van der Waals surface area (Å²) >= 11 is 0. The lowest BCUT2D eigenvalue weighted by atomic mass is 10.0. The first-order chi connectivity index (χ1) is 19.1. The van der Waals surface area contributed by atoms with E-state index in [1.165, 1.54) is 31.5 Å². The van der Waals surface area contributed by atoms with E-state index in [-0.39, 0.29) is 23.5 Å². The van der Waals surface area contributed by atoms with Crippen LogP contribution < -0.4 is 20.9 Å². The fraction of sp³-hybridized carbons (Fsp3) is 0.296. The van der Waals surface area contributed by atoms with Gasteiger partial charge in [-0.3, -0.25) is 9.11 Å². The molecular formula is C27H32F2N6O4S. The summed E-state index contributed by atoms with van der Waals surface area (Å²) in [5.74, 6) is -0.170. The van der Waals surface area contributed by atoms with Gasteiger partial charge in [0.15, 0.2) is 11.6 Å². The monoisotopic (exact) mass is 574 g/mol. The van der Waals surface area contributed by atoms with Gasteiger partial charge in [-0.05, 0) is 56.2 Å². The molecule has 0 bridgehead atoms.